The number of rotatable bonds is 64. The molecule has 0 N–H and O–H groups in total. The lowest BCUT2D eigenvalue weighted by Gasteiger charge is -2.18. The third-order valence-electron chi connectivity index (χ3n) is 15.9. The second kappa shape index (κ2) is 63.9. The highest BCUT2D eigenvalue weighted by Crippen LogP contribution is 2.19. The number of unbranched alkanes of at least 4 members (excludes halogenated alkanes) is 53. The van der Waals surface area contributed by atoms with Crippen molar-refractivity contribution in [1.82, 2.24) is 0 Å². The van der Waals surface area contributed by atoms with Crippen molar-refractivity contribution < 1.29 is 28.6 Å². The molecule has 0 heterocycles. The van der Waals surface area contributed by atoms with Crippen LogP contribution >= 0.6 is 0 Å². The van der Waals surface area contributed by atoms with E-state index in [1.54, 1.807) is 0 Å². The molecular formula is C68H132O6. The van der Waals surface area contributed by atoms with Gasteiger partial charge in [0, 0.05) is 19.3 Å². The quantitative estimate of drug-likeness (QED) is 0.0343. The maximum Gasteiger partial charge on any atom is 0.306 e. The van der Waals surface area contributed by atoms with Crippen LogP contribution in [0, 0.1) is 0 Å². The van der Waals surface area contributed by atoms with Crippen LogP contribution < -0.4 is 0 Å². The maximum atomic E-state index is 12.9. The molecule has 0 aliphatic rings. The van der Waals surface area contributed by atoms with E-state index in [1.165, 1.54) is 302 Å². The molecule has 74 heavy (non-hydrogen) atoms. The molecule has 0 saturated carbocycles. The Labute approximate surface area is 463 Å². The van der Waals surface area contributed by atoms with Crippen LogP contribution in [-0.4, -0.2) is 37.2 Å². The molecule has 0 aromatic heterocycles. The third kappa shape index (κ3) is 61.3. The van der Waals surface area contributed by atoms with Gasteiger partial charge in [-0.2, -0.15) is 0 Å². The second-order valence-electron chi connectivity index (χ2n) is 23.5. The summed E-state index contributed by atoms with van der Waals surface area (Å²) in [4.78, 5) is 38.2. The van der Waals surface area contributed by atoms with Crippen LogP contribution in [-0.2, 0) is 28.6 Å². The van der Waals surface area contributed by atoms with Crippen molar-refractivity contribution in [2.24, 2.45) is 0 Å². The highest BCUT2D eigenvalue weighted by molar-refractivity contribution is 5.71. The largest absolute Gasteiger partial charge is 0.462 e. The van der Waals surface area contributed by atoms with Crippen molar-refractivity contribution in [2.45, 2.75) is 406 Å². The molecule has 0 aliphatic heterocycles. The average molecular weight is 1050 g/mol. The van der Waals surface area contributed by atoms with E-state index in [2.05, 4.69) is 20.8 Å². The van der Waals surface area contributed by atoms with Crippen LogP contribution in [0.2, 0.25) is 0 Å². The van der Waals surface area contributed by atoms with Gasteiger partial charge >= 0.3 is 17.9 Å². The van der Waals surface area contributed by atoms with E-state index >= 15 is 0 Å². The lowest BCUT2D eigenvalue weighted by molar-refractivity contribution is -0.167. The minimum atomic E-state index is -0.762. The van der Waals surface area contributed by atoms with Gasteiger partial charge < -0.3 is 14.2 Å². The number of hydrogen-bond acceptors (Lipinski definition) is 6. The number of carbonyl (C=O) groups excluding carboxylic acids is 3. The zero-order chi connectivity index (χ0) is 53.6. The van der Waals surface area contributed by atoms with Crippen molar-refractivity contribution in [2.75, 3.05) is 13.2 Å². The van der Waals surface area contributed by atoms with Gasteiger partial charge in [0.25, 0.3) is 0 Å². The number of esters is 3. The zero-order valence-corrected chi connectivity index (χ0v) is 50.7. The van der Waals surface area contributed by atoms with Crippen molar-refractivity contribution in [1.29, 1.82) is 0 Å². The fourth-order valence-corrected chi connectivity index (χ4v) is 10.7. The molecule has 0 aliphatic carbocycles. The Morgan fingerprint density at radius 3 is 0.541 bits per heavy atom. The Kier molecular flexibility index (Phi) is 62.6. The van der Waals surface area contributed by atoms with Gasteiger partial charge in [0.2, 0.25) is 0 Å². The van der Waals surface area contributed by atoms with Crippen LogP contribution in [0.1, 0.15) is 400 Å². The first-order valence-corrected chi connectivity index (χ1v) is 34.0. The first-order valence-electron chi connectivity index (χ1n) is 34.0. The monoisotopic (exact) mass is 1050 g/mol. The number of carbonyl (C=O) groups is 3. The molecule has 6 nitrogen and oxygen atoms in total. The molecule has 0 amide bonds. The Balaban J connectivity index is 4.05. The Morgan fingerprint density at radius 1 is 0.216 bits per heavy atom. The topological polar surface area (TPSA) is 78.9 Å². The van der Waals surface area contributed by atoms with Crippen LogP contribution in [0.5, 0.6) is 0 Å². The molecule has 0 saturated heterocycles. The van der Waals surface area contributed by atoms with E-state index in [4.69, 9.17) is 14.2 Å². The highest BCUT2D eigenvalue weighted by atomic mass is 16.6. The zero-order valence-electron chi connectivity index (χ0n) is 50.7. The summed E-state index contributed by atoms with van der Waals surface area (Å²) >= 11 is 0. The van der Waals surface area contributed by atoms with Gasteiger partial charge in [-0.15, -0.1) is 0 Å². The SMILES string of the molecule is CCCCCCCCCCCCCCCCCCCCCCCCCCCCCCCCC(=O)OCC(COC(=O)CCCCCCCCCCCCC)OC(=O)CCCCCCCCCCCCCCCCC. The summed E-state index contributed by atoms with van der Waals surface area (Å²) in [5.41, 5.74) is 0. The standard InChI is InChI=1S/C68H132O6/c1-4-7-10-13-16-19-22-24-26-27-28-29-30-31-32-33-34-35-36-37-38-39-40-42-43-46-49-52-55-58-61-67(70)73-64-65(63-72-66(69)60-57-54-51-48-45-21-18-15-12-9-6-3)74-68(71)62-59-56-53-50-47-44-41-25-23-20-17-14-11-8-5-2/h65H,4-64H2,1-3H3. The predicted octanol–water partition coefficient (Wildman–Crippen LogP) is 23.1. The molecule has 1 unspecified atom stereocenters. The van der Waals surface area contributed by atoms with Gasteiger partial charge in [0.1, 0.15) is 13.2 Å². The van der Waals surface area contributed by atoms with E-state index in [0.29, 0.717) is 19.3 Å². The van der Waals surface area contributed by atoms with Gasteiger partial charge in [0.05, 0.1) is 0 Å². The Hall–Kier alpha value is -1.59. The first kappa shape index (κ1) is 72.4. The van der Waals surface area contributed by atoms with E-state index in [0.717, 1.165) is 57.8 Å². The number of ether oxygens (including phenoxy) is 3. The van der Waals surface area contributed by atoms with E-state index in [-0.39, 0.29) is 31.1 Å². The van der Waals surface area contributed by atoms with Gasteiger partial charge in [-0.1, -0.05) is 361 Å². The summed E-state index contributed by atoms with van der Waals surface area (Å²) in [7, 11) is 0. The minimum Gasteiger partial charge on any atom is -0.462 e. The normalized spacial score (nSPS) is 11.9. The Bertz CT molecular complexity index is 1110. The molecule has 0 aromatic rings. The first-order chi connectivity index (χ1) is 36.5. The summed E-state index contributed by atoms with van der Waals surface area (Å²) in [6.07, 6.45) is 74.3. The molecule has 0 fully saturated rings. The van der Waals surface area contributed by atoms with E-state index < -0.39 is 6.10 Å². The van der Waals surface area contributed by atoms with Crippen molar-refractivity contribution in [3.8, 4) is 0 Å². The smallest absolute Gasteiger partial charge is 0.306 e. The van der Waals surface area contributed by atoms with Crippen LogP contribution in [0.3, 0.4) is 0 Å². The van der Waals surface area contributed by atoms with Crippen LogP contribution in [0.25, 0.3) is 0 Å². The van der Waals surface area contributed by atoms with Gasteiger partial charge in [-0.3, -0.25) is 14.4 Å². The summed E-state index contributed by atoms with van der Waals surface area (Å²) in [6.45, 7) is 6.72. The maximum absolute atomic E-state index is 12.9. The minimum absolute atomic E-state index is 0.0608. The second-order valence-corrected chi connectivity index (χ2v) is 23.5. The summed E-state index contributed by atoms with van der Waals surface area (Å²) in [5, 5.41) is 0. The highest BCUT2D eigenvalue weighted by Gasteiger charge is 2.19. The fourth-order valence-electron chi connectivity index (χ4n) is 10.7. The molecule has 0 bridgehead atoms. The molecule has 440 valence electrons. The summed E-state index contributed by atoms with van der Waals surface area (Å²) in [6, 6.07) is 0. The molecular weight excluding hydrogens is 913 g/mol. The fraction of sp³-hybridized carbons (Fsp3) is 0.956. The van der Waals surface area contributed by atoms with Crippen LogP contribution in [0.15, 0.2) is 0 Å². The van der Waals surface area contributed by atoms with Crippen molar-refractivity contribution in [3.05, 3.63) is 0 Å². The Morgan fingerprint density at radius 2 is 0.365 bits per heavy atom. The molecule has 1 atom stereocenters. The summed E-state index contributed by atoms with van der Waals surface area (Å²) in [5.74, 6) is -0.828. The summed E-state index contributed by atoms with van der Waals surface area (Å²) < 4.78 is 16.9. The predicted molar refractivity (Wildman–Crippen MR) is 321 cm³/mol. The van der Waals surface area contributed by atoms with E-state index in [9.17, 15) is 14.4 Å². The third-order valence-corrected chi connectivity index (χ3v) is 15.9. The lowest BCUT2D eigenvalue weighted by Crippen LogP contribution is -2.30. The van der Waals surface area contributed by atoms with Crippen molar-refractivity contribution >= 4 is 17.9 Å². The van der Waals surface area contributed by atoms with Gasteiger partial charge in [-0.25, -0.2) is 0 Å². The van der Waals surface area contributed by atoms with Gasteiger partial charge in [-0.05, 0) is 19.3 Å². The number of hydrogen-bond donors (Lipinski definition) is 0. The van der Waals surface area contributed by atoms with Crippen molar-refractivity contribution in [3.63, 3.8) is 0 Å². The lowest BCUT2D eigenvalue weighted by atomic mass is 10.0. The molecule has 0 aromatic carbocycles. The van der Waals surface area contributed by atoms with E-state index in [1.807, 2.05) is 0 Å². The molecule has 0 rings (SSSR count). The molecule has 0 spiro atoms. The van der Waals surface area contributed by atoms with Crippen LogP contribution in [0.4, 0.5) is 0 Å². The average Bonchev–Trinajstić information content (AvgIpc) is 3.40. The van der Waals surface area contributed by atoms with Gasteiger partial charge in [0.15, 0.2) is 6.10 Å². The molecule has 0 radical (unpaired) electrons. The molecule has 6 heteroatoms.